The number of amides is 3. The van der Waals surface area contributed by atoms with Crippen LogP contribution in [0, 0.1) is 16.7 Å². The maximum absolute atomic E-state index is 13.2. The zero-order chi connectivity index (χ0) is 43.8. The number of ketones is 1. The van der Waals surface area contributed by atoms with Gasteiger partial charge >= 0.3 is 5.97 Å². The lowest BCUT2D eigenvalue weighted by atomic mass is 9.79. The van der Waals surface area contributed by atoms with Crippen molar-refractivity contribution in [1.82, 2.24) is 21.3 Å². The van der Waals surface area contributed by atoms with Crippen LogP contribution in [-0.4, -0.2) is 95.2 Å². The number of carbonyl (C=O) groups is 5. The first-order valence-electron chi connectivity index (χ1n) is 20.8. The van der Waals surface area contributed by atoms with Crippen molar-refractivity contribution in [2.75, 3.05) is 26.3 Å². The van der Waals surface area contributed by atoms with Gasteiger partial charge in [0.25, 0.3) is 0 Å². The van der Waals surface area contributed by atoms with Gasteiger partial charge in [-0.15, -0.1) is 0 Å². The number of nitrogens with one attached hydrogen (secondary N) is 4. The van der Waals surface area contributed by atoms with Gasteiger partial charge in [-0.2, -0.15) is 0 Å². The molecule has 0 spiro atoms. The number of carbonyl (C=O) groups excluding carboxylic acids is 4. The Hall–Kier alpha value is -2.61. The first kappa shape index (κ1) is 53.4. The second-order valence-electron chi connectivity index (χ2n) is 20.0. The maximum atomic E-state index is 13.2. The third kappa shape index (κ3) is 23.0. The topological polar surface area (TPSA) is 198 Å². The van der Waals surface area contributed by atoms with Crippen molar-refractivity contribution in [3.8, 4) is 0 Å². The molecule has 13 heteroatoms. The molecule has 0 bridgehead atoms. The van der Waals surface area contributed by atoms with E-state index in [4.69, 9.17) is 20.3 Å². The fraction of sp³-hybridized carbons (Fsp3) is 0.884. The Bertz CT molecular complexity index is 1260. The van der Waals surface area contributed by atoms with Crippen molar-refractivity contribution in [2.45, 2.75) is 202 Å². The van der Waals surface area contributed by atoms with Gasteiger partial charge in [0.1, 0.15) is 0 Å². The van der Waals surface area contributed by atoms with E-state index >= 15 is 0 Å². The van der Waals surface area contributed by atoms with Gasteiger partial charge in [0.2, 0.25) is 17.7 Å². The Kier molecular flexibility index (Phi) is 22.0. The molecule has 0 aromatic carbocycles. The summed E-state index contributed by atoms with van der Waals surface area (Å²) in [5.41, 5.74) is 2.82. The monoisotopic (exact) mass is 798 g/mol. The predicted molar refractivity (Wildman–Crippen MR) is 224 cm³/mol. The standard InChI is InChI=1S/C43H83N5O8/c1-16-21-40(8,9)47-32(34(50)38(3,4)5)19-17-18-24-45-33(49)20-22-42(12,13)55-26-23-43(14,15)56-27-25-46-37(54)39(6,7)29-41(10,11)48-35(51)31(44)28-30(2)36(52)53/h30-32,47H,16-29,44H2,1-15H3,(H,45,49)(H,46,54)(H,48,51)(H,52,53)/t30?,31?,32-/m1/s1. The van der Waals surface area contributed by atoms with Crippen LogP contribution in [0.1, 0.15) is 168 Å². The molecule has 0 heterocycles. The molecule has 0 aliphatic rings. The molecule has 0 saturated carbocycles. The fourth-order valence-electron chi connectivity index (χ4n) is 6.86. The van der Waals surface area contributed by atoms with Crippen molar-refractivity contribution < 1.29 is 38.6 Å². The summed E-state index contributed by atoms with van der Waals surface area (Å²) in [4.78, 5) is 62.7. The Morgan fingerprint density at radius 2 is 1.30 bits per heavy atom. The van der Waals surface area contributed by atoms with Crippen LogP contribution in [0.2, 0.25) is 0 Å². The average Bonchev–Trinajstić information content (AvgIpc) is 3.03. The summed E-state index contributed by atoms with van der Waals surface area (Å²) in [6.07, 6.45) is 6.31. The smallest absolute Gasteiger partial charge is 0.306 e. The molecule has 7 N–H and O–H groups in total. The molecular weight excluding hydrogens is 715 g/mol. The zero-order valence-electron chi connectivity index (χ0n) is 38.0. The van der Waals surface area contributed by atoms with E-state index in [0.29, 0.717) is 52.0 Å². The van der Waals surface area contributed by atoms with Gasteiger partial charge in [0.05, 0.1) is 42.4 Å². The maximum Gasteiger partial charge on any atom is 0.306 e. The molecule has 328 valence electrons. The van der Waals surface area contributed by atoms with Crippen molar-refractivity contribution in [3.63, 3.8) is 0 Å². The molecule has 0 rings (SSSR count). The van der Waals surface area contributed by atoms with Gasteiger partial charge in [0.15, 0.2) is 5.78 Å². The summed E-state index contributed by atoms with van der Waals surface area (Å²) in [6.45, 7) is 30.6. The van der Waals surface area contributed by atoms with E-state index < -0.39 is 51.4 Å². The van der Waals surface area contributed by atoms with Crippen molar-refractivity contribution in [2.24, 2.45) is 22.5 Å². The van der Waals surface area contributed by atoms with Crippen LogP contribution in [0.25, 0.3) is 0 Å². The number of rotatable bonds is 29. The normalized spacial score (nSPS) is 14.8. The zero-order valence-corrected chi connectivity index (χ0v) is 38.0. The molecule has 0 fully saturated rings. The van der Waals surface area contributed by atoms with Crippen LogP contribution >= 0.6 is 0 Å². The minimum atomic E-state index is -1.01. The molecule has 13 nitrogen and oxygen atoms in total. The molecule has 0 aromatic heterocycles. The second kappa shape index (κ2) is 23.1. The van der Waals surface area contributed by atoms with Crippen molar-refractivity contribution >= 4 is 29.5 Å². The molecule has 56 heavy (non-hydrogen) atoms. The molecule has 3 atom stereocenters. The van der Waals surface area contributed by atoms with E-state index in [2.05, 4.69) is 42.0 Å². The summed E-state index contributed by atoms with van der Waals surface area (Å²) < 4.78 is 12.2. The highest BCUT2D eigenvalue weighted by molar-refractivity contribution is 5.88. The van der Waals surface area contributed by atoms with E-state index in [9.17, 15) is 24.0 Å². The number of ether oxygens (including phenoxy) is 2. The third-order valence-electron chi connectivity index (χ3n) is 10.1. The Morgan fingerprint density at radius 3 is 1.86 bits per heavy atom. The SMILES string of the molecule is CCCC(C)(C)N[C@H](CCCCNC(=O)CCC(C)(C)OCCC(C)(C)OCCNC(=O)C(C)(C)CC(C)(C)NC(=O)C(N)CC(C)C(=O)O)C(=O)C(C)(C)C. The summed E-state index contributed by atoms with van der Waals surface area (Å²) in [7, 11) is 0. The number of aliphatic carboxylic acids is 1. The van der Waals surface area contributed by atoms with Crippen molar-refractivity contribution in [1.29, 1.82) is 0 Å². The van der Waals surface area contributed by atoms with Crippen LogP contribution in [0.5, 0.6) is 0 Å². The van der Waals surface area contributed by atoms with E-state index in [0.717, 1.165) is 32.1 Å². The number of carboxylic acid groups (broad SMARTS) is 1. The lowest BCUT2D eigenvalue weighted by molar-refractivity contribution is -0.141. The minimum Gasteiger partial charge on any atom is -0.481 e. The summed E-state index contributed by atoms with van der Waals surface area (Å²) in [5, 5.41) is 21.6. The fourth-order valence-corrected chi connectivity index (χ4v) is 6.86. The van der Waals surface area contributed by atoms with Gasteiger partial charge in [0, 0.05) is 41.4 Å². The average molecular weight is 798 g/mol. The number of carboxylic acids is 1. The first-order valence-corrected chi connectivity index (χ1v) is 20.8. The highest BCUT2D eigenvalue weighted by Crippen LogP contribution is 2.29. The Labute approximate surface area is 339 Å². The van der Waals surface area contributed by atoms with Gasteiger partial charge in [-0.1, -0.05) is 54.9 Å². The first-order chi connectivity index (χ1) is 25.4. The number of unbranched alkanes of at least 4 members (excludes halogenated alkanes) is 1. The van der Waals surface area contributed by atoms with E-state index in [-0.39, 0.29) is 35.6 Å². The molecule has 3 amide bonds. The van der Waals surface area contributed by atoms with Crippen molar-refractivity contribution in [3.05, 3.63) is 0 Å². The Morgan fingerprint density at radius 1 is 0.732 bits per heavy atom. The van der Waals surface area contributed by atoms with Crippen LogP contribution in [0.4, 0.5) is 0 Å². The van der Waals surface area contributed by atoms with Gasteiger partial charge in [-0.05, 0) is 107 Å². The molecule has 0 aromatic rings. The number of hydrogen-bond acceptors (Lipinski definition) is 9. The number of Topliss-reactive ketones (excluding diaryl/α,β-unsaturated/α-hetero) is 1. The molecule has 0 saturated heterocycles. The lowest BCUT2D eigenvalue weighted by Gasteiger charge is -2.35. The molecule has 0 radical (unpaired) electrons. The predicted octanol–water partition coefficient (Wildman–Crippen LogP) is 6.05. The van der Waals surface area contributed by atoms with Crippen LogP contribution in [0.15, 0.2) is 0 Å². The summed E-state index contributed by atoms with van der Waals surface area (Å²) in [6, 6.07) is -1.17. The minimum absolute atomic E-state index is 0.0137. The van der Waals surface area contributed by atoms with Gasteiger partial charge < -0.3 is 41.6 Å². The highest BCUT2D eigenvalue weighted by Gasteiger charge is 2.37. The highest BCUT2D eigenvalue weighted by atomic mass is 16.5. The quantitative estimate of drug-likeness (QED) is 0.0485. The second-order valence-corrected chi connectivity index (χ2v) is 20.0. The van der Waals surface area contributed by atoms with Crippen LogP contribution < -0.4 is 27.0 Å². The van der Waals surface area contributed by atoms with E-state index in [1.165, 1.54) is 6.92 Å². The van der Waals surface area contributed by atoms with Crippen LogP contribution in [0.3, 0.4) is 0 Å². The van der Waals surface area contributed by atoms with E-state index in [1.807, 2.05) is 62.3 Å². The largest absolute Gasteiger partial charge is 0.481 e. The molecule has 2 unspecified atom stereocenters. The lowest BCUT2D eigenvalue weighted by Crippen LogP contribution is -2.54. The summed E-state index contributed by atoms with van der Waals surface area (Å²) >= 11 is 0. The van der Waals surface area contributed by atoms with Crippen LogP contribution in [-0.2, 0) is 33.4 Å². The number of nitrogens with two attached hydrogens (primary N) is 1. The summed E-state index contributed by atoms with van der Waals surface area (Å²) in [5.74, 6) is -2.18. The van der Waals surface area contributed by atoms with Gasteiger partial charge in [-0.25, -0.2) is 0 Å². The third-order valence-corrected chi connectivity index (χ3v) is 10.1. The van der Waals surface area contributed by atoms with E-state index in [1.54, 1.807) is 13.8 Å². The molecule has 0 aliphatic heterocycles. The molecular formula is C43H83N5O8. The Balaban J connectivity index is 4.60. The van der Waals surface area contributed by atoms with Gasteiger partial charge in [-0.3, -0.25) is 24.0 Å². The number of hydrogen-bond donors (Lipinski definition) is 6. The molecule has 0 aliphatic carbocycles.